The van der Waals surface area contributed by atoms with Crippen LogP contribution in [0.1, 0.15) is 29.4 Å². The van der Waals surface area contributed by atoms with E-state index in [-0.39, 0.29) is 23.7 Å². The maximum Gasteiger partial charge on any atom is 0.225 e. The minimum atomic E-state index is -0.132. The number of hydrogen-bond acceptors (Lipinski definition) is 4. The van der Waals surface area contributed by atoms with Crippen LogP contribution < -0.4 is 5.32 Å². The lowest BCUT2D eigenvalue weighted by molar-refractivity contribution is -0.125. The van der Waals surface area contributed by atoms with Crippen molar-refractivity contribution in [3.05, 3.63) is 22.4 Å². The van der Waals surface area contributed by atoms with Crippen LogP contribution >= 0.6 is 11.3 Å². The van der Waals surface area contributed by atoms with Gasteiger partial charge in [0, 0.05) is 19.1 Å². The Kier molecular flexibility index (Phi) is 4.49. The quantitative estimate of drug-likeness (QED) is 0.828. The van der Waals surface area contributed by atoms with Gasteiger partial charge in [-0.25, -0.2) is 0 Å². The fourth-order valence-electron chi connectivity index (χ4n) is 1.97. The molecular weight excluding hydrogens is 250 g/mol. The normalized spacial score (nSPS) is 20.6. The molecule has 0 bridgehead atoms. The molecule has 1 aromatic heterocycles. The van der Waals surface area contributed by atoms with E-state index in [1.165, 1.54) is 11.3 Å². The van der Waals surface area contributed by atoms with Crippen LogP contribution in [0.2, 0.25) is 0 Å². The van der Waals surface area contributed by atoms with Gasteiger partial charge >= 0.3 is 0 Å². The summed E-state index contributed by atoms with van der Waals surface area (Å²) in [5, 5.41) is 4.76. The summed E-state index contributed by atoms with van der Waals surface area (Å²) in [5.41, 5.74) is 0. The van der Waals surface area contributed by atoms with E-state index < -0.39 is 0 Å². The fourth-order valence-corrected chi connectivity index (χ4v) is 2.64. The van der Waals surface area contributed by atoms with E-state index >= 15 is 0 Å². The molecule has 0 aliphatic carbocycles. The third-order valence-corrected chi connectivity index (χ3v) is 3.89. The largest absolute Gasteiger partial charge is 0.381 e. The molecule has 1 fully saturated rings. The standard InChI is InChI=1S/C13H17NO3S/c1-9(7-11(15)12-3-2-6-18-12)14-13(16)10-4-5-17-8-10/h2-3,6,9-10H,4-5,7-8H2,1H3,(H,14,16). The first kappa shape index (κ1) is 13.2. The lowest BCUT2D eigenvalue weighted by atomic mass is 10.1. The lowest BCUT2D eigenvalue weighted by Gasteiger charge is -2.15. The Balaban J connectivity index is 1.79. The fraction of sp³-hybridized carbons (Fsp3) is 0.538. The average Bonchev–Trinajstić information content (AvgIpc) is 3.02. The summed E-state index contributed by atoms with van der Waals surface area (Å²) in [6.45, 7) is 3.01. The van der Waals surface area contributed by atoms with Crippen molar-refractivity contribution in [1.82, 2.24) is 5.32 Å². The highest BCUT2D eigenvalue weighted by molar-refractivity contribution is 7.12. The summed E-state index contributed by atoms with van der Waals surface area (Å²) in [4.78, 5) is 24.4. The summed E-state index contributed by atoms with van der Waals surface area (Å²) in [5.74, 6) is 0.0312. The van der Waals surface area contributed by atoms with Crippen LogP contribution in [-0.4, -0.2) is 30.9 Å². The van der Waals surface area contributed by atoms with Gasteiger partial charge in [0.1, 0.15) is 0 Å². The number of ketones is 1. The SMILES string of the molecule is CC(CC(=O)c1cccs1)NC(=O)C1CCOC1. The van der Waals surface area contributed by atoms with E-state index in [1.807, 2.05) is 24.4 Å². The number of hydrogen-bond donors (Lipinski definition) is 1. The lowest BCUT2D eigenvalue weighted by Crippen LogP contribution is -2.38. The third-order valence-electron chi connectivity index (χ3n) is 2.98. The van der Waals surface area contributed by atoms with Crippen LogP contribution in [0.5, 0.6) is 0 Å². The molecule has 2 atom stereocenters. The molecule has 5 heteroatoms. The summed E-state index contributed by atoms with van der Waals surface area (Å²) >= 11 is 1.43. The van der Waals surface area contributed by atoms with Gasteiger partial charge in [-0.1, -0.05) is 6.07 Å². The van der Waals surface area contributed by atoms with Gasteiger partial charge in [0.15, 0.2) is 5.78 Å². The molecule has 1 N–H and O–H groups in total. The summed E-state index contributed by atoms with van der Waals surface area (Å²) in [7, 11) is 0. The zero-order chi connectivity index (χ0) is 13.0. The van der Waals surface area contributed by atoms with Gasteiger partial charge in [-0.3, -0.25) is 9.59 Å². The second-order valence-electron chi connectivity index (χ2n) is 4.57. The maximum absolute atomic E-state index is 11.9. The second kappa shape index (κ2) is 6.11. The van der Waals surface area contributed by atoms with Crippen molar-refractivity contribution in [2.24, 2.45) is 5.92 Å². The summed E-state index contributed by atoms with van der Waals surface area (Å²) in [6.07, 6.45) is 1.12. The molecule has 4 nitrogen and oxygen atoms in total. The molecule has 98 valence electrons. The Morgan fingerprint density at radius 3 is 3.06 bits per heavy atom. The molecule has 18 heavy (non-hydrogen) atoms. The molecule has 1 aliphatic rings. The molecule has 0 spiro atoms. The predicted octanol–water partition coefficient (Wildman–Crippen LogP) is 1.86. The second-order valence-corrected chi connectivity index (χ2v) is 5.52. The zero-order valence-corrected chi connectivity index (χ0v) is 11.2. The van der Waals surface area contributed by atoms with Crippen molar-refractivity contribution >= 4 is 23.0 Å². The topological polar surface area (TPSA) is 55.4 Å². The highest BCUT2D eigenvalue weighted by Gasteiger charge is 2.25. The van der Waals surface area contributed by atoms with E-state index in [0.717, 1.165) is 11.3 Å². The van der Waals surface area contributed by atoms with Crippen LogP contribution in [0.15, 0.2) is 17.5 Å². The molecule has 0 aromatic carbocycles. The number of Topliss-reactive ketones (excluding diaryl/α,β-unsaturated/α-hetero) is 1. The van der Waals surface area contributed by atoms with Crippen LogP contribution in [0, 0.1) is 5.92 Å². The minimum Gasteiger partial charge on any atom is -0.381 e. The Labute approximate surface area is 110 Å². The van der Waals surface area contributed by atoms with Gasteiger partial charge in [0.05, 0.1) is 17.4 Å². The van der Waals surface area contributed by atoms with Gasteiger partial charge in [-0.05, 0) is 24.8 Å². The molecule has 0 radical (unpaired) electrons. The minimum absolute atomic E-state index is 0.000945. The Morgan fingerprint density at radius 1 is 1.61 bits per heavy atom. The number of ether oxygens (including phenoxy) is 1. The van der Waals surface area contributed by atoms with E-state index in [0.29, 0.717) is 19.6 Å². The monoisotopic (exact) mass is 267 g/mol. The van der Waals surface area contributed by atoms with Crippen LogP contribution in [-0.2, 0) is 9.53 Å². The van der Waals surface area contributed by atoms with Crippen molar-refractivity contribution in [3.63, 3.8) is 0 Å². The Bertz CT molecular complexity index is 410. The number of amides is 1. The van der Waals surface area contributed by atoms with Crippen molar-refractivity contribution < 1.29 is 14.3 Å². The molecule has 2 heterocycles. The van der Waals surface area contributed by atoms with Gasteiger partial charge in [-0.2, -0.15) is 0 Å². The highest BCUT2D eigenvalue weighted by atomic mass is 32.1. The maximum atomic E-state index is 11.9. The molecule has 1 aromatic rings. The van der Waals surface area contributed by atoms with Gasteiger partial charge < -0.3 is 10.1 Å². The van der Waals surface area contributed by atoms with Gasteiger partial charge in [-0.15, -0.1) is 11.3 Å². The predicted molar refractivity (Wildman–Crippen MR) is 69.8 cm³/mol. The van der Waals surface area contributed by atoms with E-state index in [1.54, 1.807) is 0 Å². The average molecular weight is 267 g/mol. The van der Waals surface area contributed by atoms with E-state index in [2.05, 4.69) is 5.32 Å². The Morgan fingerprint density at radius 2 is 2.44 bits per heavy atom. The van der Waals surface area contributed by atoms with Crippen molar-refractivity contribution in [1.29, 1.82) is 0 Å². The molecule has 2 unspecified atom stereocenters. The number of carbonyl (C=O) groups is 2. The molecular formula is C13H17NO3S. The van der Waals surface area contributed by atoms with E-state index in [9.17, 15) is 9.59 Å². The molecule has 0 saturated carbocycles. The zero-order valence-electron chi connectivity index (χ0n) is 10.3. The molecule has 2 rings (SSSR count). The van der Waals surface area contributed by atoms with Crippen LogP contribution in [0.4, 0.5) is 0 Å². The van der Waals surface area contributed by atoms with Gasteiger partial charge in [0.2, 0.25) is 5.91 Å². The Hall–Kier alpha value is -1.20. The van der Waals surface area contributed by atoms with Crippen LogP contribution in [0.3, 0.4) is 0 Å². The summed E-state index contributed by atoms with van der Waals surface area (Å²) < 4.78 is 5.17. The number of nitrogens with one attached hydrogen (secondary N) is 1. The van der Waals surface area contributed by atoms with Gasteiger partial charge in [0.25, 0.3) is 0 Å². The van der Waals surface area contributed by atoms with Crippen molar-refractivity contribution in [2.75, 3.05) is 13.2 Å². The number of thiophene rings is 1. The van der Waals surface area contributed by atoms with Crippen molar-refractivity contribution in [3.8, 4) is 0 Å². The van der Waals surface area contributed by atoms with Crippen molar-refractivity contribution in [2.45, 2.75) is 25.8 Å². The highest BCUT2D eigenvalue weighted by Crippen LogP contribution is 2.14. The molecule has 1 saturated heterocycles. The summed E-state index contributed by atoms with van der Waals surface area (Å²) in [6, 6.07) is 3.54. The number of carbonyl (C=O) groups excluding carboxylic acids is 2. The van der Waals surface area contributed by atoms with Crippen LogP contribution in [0.25, 0.3) is 0 Å². The molecule has 1 aliphatic heterocycles. The smallest absolute Gasteiger partial charge is 0.225 e. The first-order chi connectivity index (χ1) is 8.66. The third kappa shape index (κ3) is 3.40. The molecule has 1 amide bonds. The first-order valence-electron chi connectivity index (χ1n) is 6.11. The first-order valence-corrected chi connectivity index (χ1v) is 6.99. The van der Waals surface area contributed by atoms with E-state index in [4.69, 9.17) is 4.74 Å². The number of rotatable bonds is 5.